The summed E-state index contributed by atoms with van der Waals surface area (Å²) in [5.74, 6) is 0. The van der Waals surface area contributed by atoms with Gasteiger partial charge in [0.25, 0.3) is 0 Å². The largest absolute Gasteiger partial charge is 0.315 e. The predicted octanol–water partition coefficient (Wildman–Crippen LogP) is 0.278. The SMILES string of the molecule is CCCC(NC)C1CN(C)CCN1. The molecule has 2 N–H and O–H groups in total. The topological polar surface area (TPSA) is 27.3 Å². The van der Waals surface area contributed by atoms with Gasteiger partial charge >= 0.3 is 0 Å². The van der Waals surface area contributed by atoms with Crippen molar-refractivity contribution < 1.29 is 0 Å². The van der Waals surface area contributed by atoms with Gasteiger partial charge in [0.15, 0.2) is 0 Å². The number of nitrogens with zero attached hydrogens (tertiary/aromatic N) is 1. The van der Waals surface area contributed by atoms with Crippen LogP contribution in [0.2, 0.25) is 0 Å². The molecular weight excluding hydrogens is 162 g/mol. The fraction of sp³-hybridized carbons (Fsp3) is 1.00. The van der Waals surface area contributed by atoms with E-state index in [0.717, 1.165) is 6.54 Å². The van der Waals surface area contributed by atoms with Gasteiger partial charge in [-0.3, -0.25) is 0 Å². The second-order valence-electron chi connectivity index (χ2n) is 4.01. The molecule has 0 radical (unpaired) electrons. The molecule has 0 aromatic carbocycles. The van der Waals surface area contributed by atoms with Crippen molar-refractivity contribution in [2.45, 2.75) is 31.8 Å². The van der Waals surface area contributed by atoms with Crippen molar-refractivity contribution in [2.75, 3.05) is 33.7 Å². The van der Waals surface area contributed by atoms with Crippen LogP contribution in [-0.2, 0) is 0 Å². The van der Waals surface area contributed by atoms with Crippen molar-refractivity contribution in [3.63, 3.8) is 0 Å². The highest BCUT2D eigenvalue weighted by molar-refractivity contribution is 4.86. The van der Waals surface area contributed by atoms with Crippen molar-refractivity contribution in [1.82, 2.24) is 15.5 Å². The first-order chi connectivity index (χ1) is 6.27. The molecule has 0 aromatic rings. The van der Waals surface area contributed by atoms with Crippen LogP contribution in [0, 0.1) is 0 Å². The Bertz CT molecular complexity index is 138. The summed E-state index contributed by atoms with van der Waals surface area (Å²) in [7, 11) is 4.27. The Morgan fingerprint density at radius 1 is 1.62 bits per heavy atom. The highest BCUT2D eigenvalue weighted by Crippen LogP contribution is 2.06. The van der Waals surface area contributed by atoms with Crippen LogP contribution in [0.15, 0.2) is 0 Å². The molecule has 1 aliphatic rings. The van der Waals surface area contributed by atoms with E-state index < -0.39 is 0 Å². The summed E-state index contributed by atoms with van der Waals surface area (Å²) in [6, 6.07) is 1.26. The molecule has 0 bridgehead atoms. The van der Waals surface area contributed by atoms with E-state index in [4.69, 9.17) is 0 Å². The Morgan fingerprint density at radius 3 is 2.92 bits per heavy atom. The maximum absolute atomic E-state index is 3.58. The maximum Gasteiger partial charge on any atom is 0.0349 e. The van der Waals surface area contributed by atoms with E-state index in [9.17, 15) is 0 Å². The molecule has 1 fully saturated rings. The van der Waals surface area contributed by atoms with Crippen molar-refractivity contribution in [3.05, 3.63) is 0 Å². The van der Waals surface area contributed by atoms with E-state index in [1.165, 1.54) is 25.9 Å². The molecule has 1 aliphatic heterocycles. The lowest BCUT2D eigenvalue weighted by atomic mass is 10.0. The van der Waals surface area contributed by atoms with E-state index in [-0.39, 0.29) is 0 Å². The van der Waals surface area contributed by atoms with Crippen LogP contribution in [0.3, 0.4) is 0 Å². The van der Waals surface area contributed by atoms with Gasteiger partial charge in [-0.15, -0.1) is 0 Å². The summed E-state index contributed by atoms with van der Waals surface area (Å²) < 4.78 is 0. The second kappa shape index (κ2) is 5.58. The molecule has 0 amide bonds. The maximum atomic E-state index is 3.58. The Labute approximate surface area is 81.9 Å². The third kappa shape index (κ3) is 3.25. The molecule has 0 aromatic heterocycles. The summed E-state index contributed by atoms with van der Waals surface area (Å²) in [5.41, 5.74) is 0. The van der Waals surface area contributed by atoms with Crippen molar-refractivity contribution in [3.8, 4) is 0 Å². The minimum Gasteiger partial charge on any atom is -0.315 e. The first kappa shape index (κ1) is 11.0. The third-order valence-electron chi connectivity index (χ3n) is 2.86. The number of likely N-dealkylation sites (N-methyl/N-ethyl adjacent to an activating group) is 2. The molecule has 1 heterocycles. The first-order valence-corrected chi connectivity index (χ1v) is 5.37. The van der Waals surface area contributed by atoms with Gasteiger partial charge in [-0.05, 0) is 20.5 Å². The van der Waals surface area contributed by atoms with Gasteiger partial charge in [-0.2, -0.15) is 0 Å². The highest BCUT2D eigenvalue weighted by Gasteiger charge is 2.23. The Kier molecular flexibility index (Phi) is 4.70. The van der Waals surface area contributed by atoms with Gasteiger partial charge in [0.2, 0.25) is 0 Å². The van der Waals surface area contributed by atoms with Crippen LogP contribution in [-0.4, -0.2) is 50.7 Å². The van der Waals surface area contributed by atoms with Crippen molar-refractivity contribution in [2.24, 2.45) is 0 Å². The fourth-order valence-corrected chi connectivity index (χ4v) is 2.06. The molecule has 1 rings (SSSR count). The van der Waals surface area contributed by atoms with Crippen LogP contribution in [0.25, 0.3) is 0 Å². The van der Waals surface area contributed by atoms with Crippen LogP contribution < -0.4 is 10.6 Å². The summed E-state index contributed by atoms with van der Waals surface area (Å²) >= 11 is 0. The second-order valence-corrected chi connectivity index (χ2v) is 4.01. The monoisotopic (exact) mass is 185 g/mol. The van der Waals surface area contributed by atoms with Crippen LogP contribution in [0.1, 0.15) is 19.8 Å². The molecule has 3 heteroatoms. The van der Waals surface area contributed by atoms with Gasteiger partial charge in [-0.1, -0.05) is 13.3 Å². The Morgan fingerprint density at radius 2 is 2.38 bits per heavy atom. The lowest BCUT2D eigenvalue weighted by Gasteiger charge is -2.36. The Balaban J connectivity index is 2.37. The Hall–Kier alpha value is -0.120. The minimum absolute atomic E-state index is 0.628. The average molecular weight is 185 g/mol. The molecular formula is C10H23N3. The standard InChI is InChI=1S/C10H23N3/c1-4-5-9(11-2)10-8-13(3)7-6-12-10/h9-12H,4-8H2,1-3H3. The summed E-state index contributed by atoms with van der Waals surface area (Å²) in [4.78, 5) is 2.40. The van der Waals surface area contributed by atoms with Gasteiger partial charge in [-0.25, -0.2) is 0 Å². The molecule has 2 atom stereocenters. The lowest BCUT2D eigenvalue weighted by molar-refractivity contribution is 0.204. The normalized spacial score (nSPS) is 27.5. The van der Waals surface area contributed by atoms with E-state index in [1.807, 2.05) is 0 Å². The minimum atomic E-state index is 0.628. The van der Waals surface area contributed by atoms with Gasteiger partial charge < -0.3 is 15.5 Å². The number of nitrogens with one attached hydrogen (secondary N) is 2. The summed E-state index contributed by atoms with van der Waals surface area (Å²) in [6.07, 6.45) is 2.52. The number of rotatable bonds is 4. The quantitative estimate of drug-likeness (QED) is 0.659. The van der Waals surface area contributed by atoms with Crippen LogP contribution in [0.4, 0.5) is 0 Å². The molecule has 1 saturated heterocycles. The number of hydrogen-bond acceptors (Lipinski definition) is 3. The van der Waals surface area contributed by atoms with Crippen molar-refractivity contribution in [1.29, 1.82) is 0 Å². The van der Waals surface area contributed by atoms with Crippen LogP contribution in [0.5, 0.6) is 0 Å². The molecule has 3 nitrogen and oxygen atoms in total. The first-order valence-electron chi connectivity index (χ1n) is 5.37. The predicted molar refractivity (Wildman–Crippen MR) is 57.0 cm³/mol. The molecule has 13 heavy (non-hydrogen) atoms. The number of piperazine rings is 1. The molecule has 0 aliphatic carbocycles. The smallest absolute Gasteiger partial charge is 0.0349 e. The lowest BCUT2D eigenvalue weighted by Crippen LogP contribution is -2.57. The summed E-state index contributed by atoms with van der Waals surface area (Å²) in [5, 5.41) is 6.99. The average Bonchev–Trinajstić information content (AvgIpc) is 2.14. The zero-order chi connectivity index (χ0) is 9.68. The highest BCUT2D eigenvalue weighted by atomic mass is 15.2. The molecule has 0 spiro atoms. The van der Waals surface area contributed by atoms with E-state index >= 15 is 0 Å². The van der Waals surface area contributed by atoms with Crippen molar-refractivity contribution >= 4 is 0 Å². The molecule has 0 saturated carbocycles. The van der Waals surface area contributed by atoms with Crippen LogP contribution >= 0.6 is 0 Å². The van der Waals surface area contributed by atoms with E-state index in [2.05, 4.69) is 36.6 Å². The van der Waals surface area contributed by atoms with E-state index in [0.29, 0.717) is 12.1 Å². The zero-order valence-electron chi connectivity index (χ0n) is 9.14. The molecule has 2 unspecified atom stereocenters. The zero-order valence-corrected chi connectivity index (χ0v) is 9.14. The molecule has 78 valence electrons. The fourth-order valence-electron chi connectivity index (χ4n) is 2.06. The number of hydrogen-bond donors (Lipinski definition) is 2. The summed E-state index contributed by atoms with van der Waals surface area (Å²) in [6.45, 7) is 5.73. The third-order valence-corrected chi connectivity index (χ3v) is 2.86. The van der Waals surface area contributed by atoms with E-state index in [1.54, 1.807) is 0 Å². The van der Waals surface area contributed by atoms with Gasteiger partial charge in [0.05, 0.1) is 0 Å². The van der Waals surface area contributed by atoms with Gasteiger partial charge in [0, 0.05) is 31.7 Å². The van der Waals surface area contributed by atoms with Gasteiger partial charge in [0.1, 0.15) is 0 Å².